The van der Waals surface area contributed by atoms with Crippen molar-refractivity contribution in [2.45, 2.75) is 43.0 Å². The van der Waals surface area contributed by atoms with Gasteiger partial charge >= 0.3 is 0 Å². The standard InChI is InChI=1S/C26H30N2O3S2/c1-5-21-8-10-22(11-9-21)20(3)27-26(29)18-28(23-12-6-19(2)7-13-23)33(30,31)25-16-14-24(32-4)15-17-25/h6-17,20H,5,18H2,1-4H3,(H,27,29)/t20-/m1/s1. The summed E-state index contributed by atoms with van der Waals surface area (Å²) < 4.78 is 28.2. The second-order valence-corrected chi connectivity index (χ2v) is 10.6. The Labute approximate surface area is 201 Å². The predicted octanol–water partition coefficient (Wildman–Crippen LogP) is 5.35. The molecule has 3 aromatic carbocycles. The molecule has 0 saturated heterocycles. The van der Waals surface area contributed by atoms with E-state index in [1.165, 1.54) is 21.6 Å². The Morgan fingerprint density at radius 2 is 1.58 bits per heavy atom. The molecule has 1 N–H and O–H groups in total. The molecule has 0 bridgehead atoms. The molecule has 0 aliphatic carbocycles. The van der Waals surface area contributed by atoms with Crippen molar-refractivity contribution in [3.8, 4) is 0 Å². The third kappa shape index (κ3) is 6.18. The smallest absolute Gasteiger partial charge is 0.264 e. The van der Waals surface area contributed by atoms with Crippen LogP contribution in [0.25, 0.3) is 0 Å². The van der Waals surface area contributed by atoms with Crippen LogP contribution in [0.3, 0.4) is 0 Å². The molecular weight excluding hydrogens is 452 g/mol. The fraction of sp³-hybridized carbons (Fsp3) is 0.269. The van der Waals surface area contributed by atoms with Gasteiger partial charge in [0.1, 0.15) is 6.54 Å². The number of aryl methyl sites for hydroxylation is 2. The molecule has 0 spiro atoms. The fourth-order valence-corrected chi connectivity index (χ4v) is 5.27. The lowest BCUT2D eigenvalue weighted by atomic mass is 10.1. The van der Waals surface area contributed by atoms with Crippen molar-refractivity contribution in [3.05, 3.63) is 89.5 Å². The lowest BCUT2D eigenvalue weighted by molar-refractivity contribution is -0.120. The zero-order chi connectivity index (χ0) is 24.0. The topological polar surface area (TPSA) is 66.5 Å². The van der Waals surface area contributed by atoms with Gasteiger partial charge in [0.15, 0.2) is 0 Å². The first-order valence-corrected chi connectivity index (χ1v) is 13.5. The molecule has 0 fully saturated rings. The second kappa shape index (κ2) is 10.9. The van der Waals surface area contributed by atoms with Gasteiger partial charge in [0.05, 0.1) is 16.6 Å². The summed E-state index contributed by atoms with van der Waals surface area (Å²) >= 11 is 1.54. The molecule has 3 aromatic rings. The maximum absolute atomic E-state index is 13.5. The van der Waals surface area contributed by atoms with Crippen molar-refractivity contribution < 1.29 is 13.2 Å². The Morgan fingerprint density at radius 3 is 2.12 bits per heavy atom. The number of sulfonamides is 1. The van der Waals surface area contributed by atoms with E-state index >= 15 is 0 Å². The third-order valence-electron chi connectivity index (χ3n) is 5.52. The Hall–Kier alpha value is -2.77. The first-order valence-electron chi connectivity index (χ1n) is 10.9. The van der Waals surface area contributed by atoms with Crippen LogP contribution in [0.4, 0.5) is 5.69 Å². The molecule has 0 radical (unpaired) electrons. The van der Waals surface area contributed by atoms with Gasteiger partial charge in [-0.25, -0.2) is 8.42 Å². The summed E-state index contributed by atoms with van der Waals surface area (Å²) in [4.78, 5) is 14.1. The van der Waals surface area contributed by atoms with Gasteiger partial charge in [-0.1, -0.05) is 48.9 Å². The van der Waals surface area contributed by atoms with Crippen LogP contribution in [0.1, 0.15) is 36.6 Å². The minimum atomic E-state index is -3.93. The van der Waals surface area contributed by atoms with Crippen LogP contribution >= 0.6 is 11.8 Å². The summed E-state index contributed by atoms with van der Waals surface area (Å²) in [6.07, 6.45) is 2.88. The molecule has 3 rings (SSSR count). The van der Waals surface area contributed by atoms with Gasteiger partial charge in [-0.3, -0.25) is 9.10 Å². The number of hydrogen-bond donors (Lipinski definition) is 1. The van der Waals surface area contributed by atoms with Crippen molar-refractivity contribution in [1.82, 2.24) is 5.32 Å². The second-order valence-electron chi connectivity index (χ2n) is 7.91. The number of carbonyl (C=O) groups excluding carboxylic acids is 1. The number of carbonyl (C=O) groups is 1. The third-order valence-corrected chi connectivity index (χ3v) is 8.05. The maximum Gasteiger partial charge on any atom is 0.264 e. The summed E-state index contributed by atoms with van der Waals surface area (Å²) in [7, 11) is -3.93. The lowest BCUT2D eigenvalue weighted by Crippen LogP contribution is -2.41. The SMILES string of the molecule is CCc1ccc([C@@H](C)NC(=O)CN(c2ccc(C)cc2)S(=O)(=O)c2ccc(SC)cc2)cc1. The Morgan fingerprint density at radius 1 is 0.970 bits per heavy atom. The van der Waals surface area contributed by atoms with Crippen molar-refractivity contribution in [1.29, 1.82) is 0 Å². The molecule has 7 heteroatoms. The van der Waals surface area contributed by atoms with Crippen molar-refractivity contribution in [2.24, 2.45) is 0 Å². The first-order chi connectivity index (χ1) is 15.7. The molecule has 33 heavy (non-hydrogen) atoms. The van der Waals surface area contributed by atoms with Crippen LogP contribution < -0.4 is 9.62 Å². The number of benzene rings is 3. The van der Waals surface area contributed by atoms with E-state index in [1.54, 1.807) is 36.4 Å². The zero-order valence-corrected chi connectivity index (χ0v) is 21.0. The Bertz CT molecular complexity index is 1170. The quantitative estimate of drug-likeness (QED) is 0.418. The minimum Gasteiger partial charge on any atom is -0.348 e. The molecule has 0 saturated carbocycles. The number of nitrogens with one attached hydrogen (secondary N) is 1. The monoisotopic (exact) mass is 482 g/mol. The lowest BCUT2D eigenvalue weighted by Gasteiger charge is -2.25. The van der Waals surface area contributed by atoms with E-state index in [0.29, 0.717) is 5.69 Å². The molecule has 0 aliphatic rings. The molecule has 0 aromatic heterocycles. The number of rotatable bonds is 9. The van der Waals surface area contributed by atoms with E-state index < -0.39 is 10.0 Å². The number of thioether (sulfide) groups is 1. The summed E-state index contributed by atoms with van der Waals surface area (Å²) in [5.74, 6) is -0.369. The molecule has 0 unspecified atom stereocenters. The van der Waals surface area contributed by atoms with Gasteiger partial charge < -0.3 is 5.32 Å². The van der Waals surface area contributed by atoms with E-state index in [4.69, 9.17) is 0 Å². The Balaban J connectivity index is 1.86. The van der Waals surface area contributed by atoms with Crippen LogP contribution in [0, 0.1) is 6.92 Å². The summed E-state index contributed by atoms with van der Waals surface area (Å²) in [5, 5.41) is 2.94. The summed E-state index contributed by atoms with van der Waals surface area (Å²) in [6.45, 7) is 5.61. The van der Waals surface area contributed by atoms with E-state index in [1.807, 2.05) is 56.5 Å². The number of hydrogen-bond acceptors (Lipinski definition) is 4. The highest BCUT2D eigenvalue weighted by molar-refractivity contribution is 7.98. The normalized spacial score (nSPS) is 12.2. The van der Waals surface area contributed by atoms with Gasteiger partial charge in [-0.05, 0) is 74.0 Å². The number of nitrogens with zero attached hydrogens (tertiary/aromatic N) is 1. The predicted molar refractivity (Wildman–Crippen MR) is 136 cm³/mol. The largest absolute Gasteiger partial charge is 0.348 e. The highest BCUT2D eigenvalue weighted by atomic mass is 32.2. The minimum absolute atomic E-state index is 0.150. The van der Waals surface area contributed by atoms with Crippen molar-refractivity contribution in [2.75, 3.05) is 17.1 Å². The van der Waals surface area contributed by atoms with E-state index in [-0.39, 0.29) is 23.4 Å². The number of amides is 1. The van der Waals surface area contributed by atoms with Crippen LogP contribution in [-0.4, -0.2) is 27.1 Å². The highest BCUT2D eigenvalue weighted by Crippen LogP contribution is 2.26. The van der Waals surface area contributed by atoms with Crippen molar-refractivity contribution >= 4 is 33.4 Å². The summed E-state index contributed by atoms with van der Waals surface area (Å²) in [5.41, 5.74) is 3.65. The molecule has 5 nitrogen and oxygen atoms in total. The average molecular weight is 483 g/mol. The fourth-order valence-electron chi connectivity index (χ4n) is 3.44. The van der Waals surface area contributed by atoms with Gasteiger partial charge in [0, 0.05) is 4.90 Å². The zero-order valence-electron chi connectivity index (χ0n) is 19.4. The van der Waals surface area contributed by atoms with Gasteiger partial charge in [0.25, 0.3) is 10.0 Å². The van der Waals surface area contributed by atoms with E-state index in [0.717, 1.165) is 22.4 Å². The molecule has 1 atom stereocenters. The van der Waals surface area contributed by atoms with Crippen LogP contribution in [0.5, 0.6) is 0 Å². The van der Waals surface area contributed by atoms with Gasteiger partial charge in [-0.2, -0.15) is 0 Å². The highest BCUT2D eigenvalue weighted by Gasteiger charge is 2.27. The number of anilines is 1. The molecular formula is C26H30N2O3S2. The van der Waals surface area contributed by atoms with Gasteiger partial charge in [-0.15, -0.1) is 11.8 Å². The van der Waals surface area contributed by atoms with Crippen LogP contribution in [0.15, 0.2) is 82.6 Å². The van der Waals surface area contributed by atoms with Crippen LogP contribution in [0.2, 0.25) is 0 Å². The first kappa shape index (κ1) is 24.9. The Kier molecular flexibility index (Phi) is 8.21. The average Bonchev–Trinajstić information content (AvgIpc) is 2.83. The van der Waals surface area contributed by atoms with Crippen LogP contribution in [-0.2, 0) is 21.2 Å². The molecule has 0 aliphatic heterocycles. The molecule has 1 amide bonds. The molecule has 174 valence electrons. The van der Waals surface area contributed by atoms with Crippen molar-refractivity contribution in [3.63, 3.8) is 0 Å². The maximum atomic E-state index is 13.5. The van der Waals surface area contributed by atoms with E-state index in [2.05, 4.69) is 12.2 Å². The van der Waals surface area contributed by atoms with Gasteiger partial charge in [0.2, 0.25) is 5.91 Å². The molecule has 0 heterocycles. The summed E-state index contributed by atoms with van der Waals surface area (Å²) in [6, 6.07) is 21.7. The van der Waals surface area contributed by atoms with E-state index in [9.17, 15) is 13.2 Å².